The molecule has 4 heteroatoms. The predicted octanol–water partition coefficient (Wildman–Crippen LogP) is 2.91. The summed E-state index contributed by atoms with van der Waals surface area (Å²) in [5, 5.41) is 13.4. The van der Waals surface area contributed by atoms with E-state index in [4.69, 9.17) is 9.47 Å². The second kappa shape index (κ2) is 6.67. The van der Waals surface area contributed by atoms with E-state index in [0.29, 0.717) is 19.8 Å². The fourth-order valence-corrected chi connectivity index (χ4v) is 2.54. The zero-order valence-electron chi connectivity index (χ0n) is 13.5. The molecule has 1 aromatic carbocycles. The number of ether oxygens (including phenoxy) is 2. The van der Waals surface area contributed by atoms with Crippen LogP contribution in [0.2, 0.25) is 0 Å². The summed E-state index contributed by atoms with van der Waals surface area (Å²) < 4.78 is 11.1. The molecule has 2 rings (SSSR count). The van der Waals surface area contributed by atoms with Crippen LogP contribution in [0, 0.1) is 5.41 Å². The lowest BCUT2D eigenvalue weighted by molar-refractivity contribution is 0.117. The minimum absolute atomic E-state index is 0.140. The lowest BCUT2D eigenvalue weighted by Crippen LogP contribution is -2.31. The van der Waals surface area contributed by atoms with E-state index in [2.05, 4.69) is 33.0 Å². The maximum absolute atomic E-state index is 10.1. The van der Waals surface area contributed by atoms with Crippen LogP contribution in [0.25, 0.3) is 0 Å². The van der Waals surface area contributed by atoms with Crippen LogP contribution in [-0.2, 0) is 0 Å². The molecule has 4 nitrogen and oxygen atoms in total. The lowest BCUT2D eigenvalue weighted by atomic mass is 9.89. The van der Waals surface area contributed by atoms with Crippen molar-refractivity contribution in [2.24, 2.45) is 5.41 Å². The van der Waals surface area contributed by atoms with Crippen LogP contribution >= 0.6 is 0 Å². The van der Waals surface area contributed by atoms with E-state index >= 15 is 0 Å². The summed E-state index contributed by atoms with van der Waals surface area (Å²) in [6.07, 6.45) is 0.457. The molecule has 2 N–H and O–H groups in total. The maximum Gasteiger partial charge on any atom is 0.161 e. The maximum atomic E-state index is 10.1. The molecule has 2 unspecified atom stereocenters. The van der Waals surface area contributed by atoms with Crippen LogP contribution in [-0.4, -0.2) is 31.0 Å². The van der Waals surface area contributed by atoms with Gasteiger partial charge in [0.1, 0.15) is 13.2 Å². The summed E-state index contributed by atoms with van der Waals surface area (Å²) in [5.74, 6) is 1.62. The molecule has 0 fully saturated rings. The Balaban J connectivity index is 1.90. The summed E-state index contributed by atoms with van der Waals surface area (Å²) in [7, 11) is 0. The zero-order valence-corrected chi connectivity index (χ0v) is 13.5. The Morgan fingerprint density at radius 3 is 2.52 bits per heavy atom. The first-order chi connectivity index (χ1) is 9.85. The van der Waals surface area contributed by atoms with Crippen LogP contribution in [0.5, 0.6) is 11.5 Å². The van der Waals surface area contributed by atoms with E-state index in [1.165, 1.54) is 0 Å². The summed E-state index contributed by atoms with van der Waals surface area (Å²) in [6.45, 7) is 10.3. The molecule has 0 spiro atoms. The number of aliphatic hydroxyl groups excluding tert-OH is 1. The minimum atomic E-state index is -0.329. The third kappa shape index (κ3) is 4.90. The van der Waals surface area contributed by atoms with E-state index in [1.54, 1.807) is 0 Å². The van der Waals surface area contributed by atoms with Crippen LogP contribution in [0.3, 0.4) is 0 Å². The number of rotatable bonds is 5. The first-order valence-electron chi connectivity index (χ1n) is 7.66. The van der Waals surface area contributed by atoms with Crippen molar-refractivity contribution in [3.05, 3.63) is 23.8 Å². The monoisotopic (exact) mass is 293 g/mol. The van der Waals surface area contributed by atoms with Crippen molar-refractivity contribution in [1.29, 1.82) is 0 Å². The summed E-state index contributed by atoms with van der Waals surface area (Å²) in [4.78, 5) is 0. The number of hydrogen-bond donors (Lipinski definition) is 2. The van der Waals surface area contributed by atoms with E-state index in [1.807, 2.05) is 18.2 Å². The lowest BCUT2D eigenvalue weighted by Gasteiger charge is -2.25. The van der Waals surface area contributed by atoms with Crippen LogP contribution < -0.4 is 14.8 Å². The molecule has 0 radical (unpaired) electrons. The largest absolute Gasteiger partial charge is 0.486 e. The highest BCUT2D eigenvalue weighted by atomic mass is 16.6. The van der Waals surface area contributed by atoms with Gasteiger partial charge in [-0.15, -0.1) is 0 Å². The van der Waals surface area contributed by atoms with Crippen molar-refractivity contribution < 1.29 is 14.6 Å². The third-order valence-electron chi connectivity index (χ3n) is 3.57. The molecular formula is C17H27NO3. The predicted molar refractivity (Wildman–Crippen MR) is 83.9 cm³/mol. The molecule has 0 aromatic heterocycles. The highest BCUT2D eigenvalue weighted by molar-refractivity contribution is 5.44. The van der Waals surface area contributed by atoms with Gasteiger partial charge in [0.15, 0.2) is 11.5 Å². The molecule has 0 saturated carbocycles. The molecule has 0 saturated heterocycles. The van der Waals surface area contributed by atoms with Gasteiger partial charge >= 0.3 is 0 Å². The van der Waals surface area contributed by atoms with Gasteiger partial charge in [0.2, 0.25) is 0 Å². The van der Waals surface area contributed by atoms with E-state index in [9.17, 15) is 5.11 Å². The van der Waals surface area contributed by atoms with Gasteiger partial charge in [-0.2, -0.15) is 0 Å². The van der Waals surface area contributed by atoms with E-state index < -0.39 is 0 Å². The number of hydrogen-bond acceptors (Lipinski definition) is 4. The zero-order chi connectivity index (χ0) is 15.5. The topological polar surface area (TPSA) is 50.7 Å². The van der Waals surface area contributed by atoms with Gasteiger partial charge in [0.05, 0.1) is 6.10 Å². The van der Waals surface area contributed by atoms with Crippen LogP contribution in [0.4, 0.5) is 0 Å². The Bertz CT molecular complexity index is 468. The number of fused-ring (bicyclic) bond motifs is 1. The van der Waals surface area contributed by atoms with Crippen molar-refractivity contribution in [3.63, 3.8) is 0 Å². The van der Waals surface area contributed by atoms with Gasteiger partial charge in [-0.3, -0.25) is 0 Å². The fraction of sp³-hybridized carbons (Fsp3) is 0.647. The third-order valence-corrected chi connectivity index (χ3v) is 3.57. The molecule has 0 bridgehead atoms. The number of aliphatic hydroxyl groups is 1. The molecule has 1 aromatic rings. The average Bonchev–Trinajstić information content (AvgIpc) is 2.42. The highest BCUT2D eigenvalue weighted by Gasteiger charge is 2.18. The van der Waals surface area contributed by atoms with E-state index in [-0.39, 0.29) is 17.6 Å². The normalized spacial score (nSPS) is 17.4. The second-order valence-electron chi connectivity index (χ2n) is 6.95. The molecule has 21 heavy (non-hydrogen) atoms. The Labute approximate surface area is 127 Å². The second-order valence-corrected chi connectivity index (χ2v) is 6.95. The SMILES string of the molecule is CC(NCC(O)CC(C)(C)C)c1ccc2c(c1)OCCO2. The first kappa shape index (κ1) is 16.1. The molecule has 2 atom stereocenters. The smallest absolute Gasteiger partial charge is 0.161 e. The first-order valence-corrected chi connectivity index (χ1v) is 7.66. The Hall–Kier alpha value is -1.26. The van der Waals surface area contributed by atoms with Crippen molar-refractivity contribution in [2.45, 2.75) is 46.3 Å². The average molecular weight is 293 g/mol. The Kier molecular flexibility index (Phi) is 5.12. The van der Waals surface area contributed by atoms with Crippen molar-refractivity contribution >= 4 is 0 Å². The molecular weight excluding hydrogens is 266 g/mol. The Morgan fingerprint density at radius 2 is 1.86 bits per heavy atom. The van der Waals surface area contributed by atoms with Crippen molar-refractivity contribution in [1.82, 2.24) is 5.32 Å². The summed E-state index contributed by atoms with van der Waals surface area (Å²) in [5.41, 5.74) is 1.28. The standard InChI is InChI=1S/C17H27NO3/c1-12(18-11-14(19)10-17(2,3)4)13-5-6-15-16(9-13)21-8-7-20-15/h5-6,9,12,14,18-19H,7-8,10-11H2,1-4H3. The highest BCUT2D eigenvalue weighted by Crippen LogP contribution is 2.32. The Morgan fingerprint density at radius 1 is 1.19 bits per heavy atom. The summed E-state index contributed by atoms with van der Waals surface area (Å²) in [6, 6.07) is 6.17. The molecule has 0 amide bonds. The number of nitrogens with one attached hydrogen (secondary N) is 1. The summed E-state index contributed by atoms with van der Waals surface area (Å²) >= 11 is 0. The molecule has 1 aliphatic heterocycles. The quantitative estimate of drug-likeness (QED) is 0.876. The number of benzene rings is 1. The fourth-order valence-electron chi connectivity index (χ4n) is 2.54. The van der Waals surface area contributed by atoms with E-state index in [0.717, 1.165) is 23.5 Å². The van der Waals surface area contributed by atoms with Gasteiger partial charge in [0, 0.05) is 12.6 Å². The molecule has 1 heterocycles. The molecule has 118 valence electrons. The van der Waals surface area contributed by atoms with Crippen LogP contribution in [0.1, 0.15) is 45.7 Å². The molecule has 0 aliphatic carbocycles. The molecule has 1 aliphatic rings. The van der Waals surface area contributed by atoms with Gasteiger partial charge in [-0.1, -0.05) is 26.8 Å². The van der Waals surface area contributed by atoms with Crippen LogP contribution in [0.15, 0.2) is 18.2 Å². The van der Waals surface area contributed by atoms with Gasteiger partial charge in [-0.25, -0.2) is 0 Å². The van der Waals surface area contributed by atoms with Gasteiger partial charge in [0.25, 0.3) is 0 Å². The minimum Gasteiger partial charge on any atom is -0.486 e. The van der Waals surface area contributed by atoms with Crippen molar-refractivity contribution in [2.75, 3.05) is 19.8 Å². The van der Waals surface area contributed by atoms with Crippen molar-refractivity contribution in [3.8, 4) is 11.5 Å². The van der Waals surface area contributed by atoms with Gasteiger partial charge in [-0.05, 0) is 36.5 Å². The van der Waals surface area contributed by atoms with Gasteiger partial charge < -0.3 is 19.9 Å².